The Hall–Kier alpha value is -1.17. The molecule has 0 heterocycles. The zero-order valence-electron chi connectivity index (χ0n) is 11.5. The van der Waals surface area contributed by atoms with Crippen molar-refractivity contribution in [2.24, 2.45) is 5.92 Å². The Bertz CT molecular complexity index is 534. The Morgan fingerprint density at radius 3 is 2.48 bits per heavy atom. The van der Waals surface area contributed by atoms with Crippen LogP contribution in [0.2, 0.25) is 0 Å². The summed E-state index contributed by atoms with van der Waals surface area (Å²) in [6.45, 7) is 0. The van der Waals surface area contributed by atoms with Gasteiger partial charge in [0.1, 0.15) is 5.78 Å². The van der Waals surface area contributed by atoms with E-state index in [1.807, 2.05) is 0 Å². The van der Waals surface area contributed by atoms with Gasteiger partial charge in [-0.2, -0.15) is 13.2 Å². The number of Topliss-reactive ketones (excluding diaryl/α,β-unsaturated/α-hetero) is 1. The first-order valence-electron chi connectivity index (χ1n) is 6.96. The molecule has 1 aromatic carbocycles. The van der Waals surface area contributed by atoms with Crippen LogP contribution < -0.4 is 0 Å². The van der Waals surface area contributed by atoms with Crippen LogP contribution in [0, 0.1) is 5.92 Å². The summed E-state index contributed by atoms with van der Waals surface area (Å²) in [5.41, 5.74) is -0.835. The summed E-state index contributed by atoms with van der Waals surface area (Å²) in [4.78, 5) is 12.1. The molecule has 0 aromatic heterocycles. The molecule has 0 spiro atoms. The first-order valence-corrected chi connectivity index (χ1v) is 8.28. The summed E-state index contributed by atoms with van der Waals surface area (Å²) in [7, 11) is -1.71. The zero-order chi connectivity index (χ0) is 15.5. The molecule has 1 fully saturated rings. The molecule has 0 N–H and O–H groups in total. The van der Waals surface area contributed by atoms with Gasteiger partial charge in [-0.1, -0.05) is 25.3 Å². The Kier molecular flexibility index (Phi) is 5.19. The fraction of sp³-hybridized carbons (Fsp3) is 0.533. The molecule has 0 radical (unpaired) electrons. The molecule has 1 aromatic rings. The smallest absolute Gasteiger partial charge is 0.298 e. The molecule has 21 heavy (non-hydrogen) atoms. The van der Waals surface area contributed by atoms with Crippen LogP contribution in [0.5, 0.6) is 0 Å². The molecule has 2 rings (SSSR count). The van der Waals surface area contributed by atoms with Gasteiger partial charge in [0.25, 0.3) is 0 Å². The van der Waals surface area contributed by atoms with Crippen LogP contribution in [-0.2, 0) is 21.8 Å². The van der Waals surface area contributed by atoms with Crippen molar-refractivity contribution in [1.29, 1.82) is 0 Å². The maximum absolute atomic E-state index is 12.6. The number of carbonyl (C=O) groups excluding carboxylic acids is 1. The maximum Gasteiger partial charge on any atom is 0.416 e. The Labute approximate surface area is 124 Å². The van der Waals surface area contributed by atoms with Crippen LogP contribution in [0.15, 0.2) is 29.2 Å². The molecule has 6 heteroatoms. The van der Waals surface area contributed by atoms with E-state index in [1.165, 1.54) is 12.1 Å². The molecule has 0 aliphatic heterocycles. The molecular formula is C15H17F3O2S. The highest BCUT2D eigenvalue weighted by Crippen LogP contribution is 2.30. The molecular weight excluding hydrogens is 301 g/mol. The molecule has 116 valence electrons. The fourth-order valence-electron chi connectivity index (χ4n) is 2.57. The molecule has 1 atom stereocenters. The number of hydrogen-bond donors (Lipinski definition) is 0. The van der Waals surface area contributed by atoms with Gasteiger partial charge in [-0.25, -0.2) is 0 Å². The van der Waals surface area contributed by atoms with E-state index in [2.05, 4.69) is 0 Å². The van der Waals surface area contributed by atoms with E-state index < -0.39 is 22.5 Å². The molecule has 1 unspecified atom stereocenters. The summed E-state index contributed by atoms with van der Waals surface area (Å²) in [6, 6.07) is 4.40. The summed E-state index contributed by atoms with van der Waals surface area (Å²) >= 11 is 0. The lowest BCUT2D eigenvalue weighted by Gasteiger charge is -2.20. The van der Waals surface area contributed by atoms with Crippen LogP contribution in [0.1, 0.15) is 37.7 Å². The standard InChI is InChI=1S/C15H17F3O2S/c16-15(17,18)12-7-4-8-13(9-12)21(20)10-14(19)11-5-2-1-3-6-11/h4,7-9,11H,1-3,5-6,10H2. The molecule has 2 nitrogen and oxygen atoms in total. The van der Waals surface area contributed by atoms with E-state index >= 15 is 0 Å². The van der Waals surface area contributed by atoms with Crippen LogP contribution >= 0.6 is 0 Å². The van der Waals surface area contributed by atoms with Gasteiger partial charge in [0.05, 0.1) is 22.1 Å². The second-order valence-electron chi connectivity index (χ2n) is 5.32. The lowest BCUT2D eigenvalue weighted by atomic mass is 9.87. The predicted octanol–water partition coefficient (Wildman–Crippen LogP) is 3.96. The molecule has 1 aliphatic rings. The minimum atomic E-state index is -4.46. The summed E-state index contributed by atoms with van der Waals surface area (Å²) in [5.74, 6) is -0.356. The molecule has 0 saturated heterocycles. The fourth-order valence-corrected chi connectivity index (χ4v) is 3.72. The maximum atomic E-state index is 12.6. The highest BCUT2D eigenvalue weighted by molar-refractivity contribution is 7.85. The van der Waals surface area contributed by atoms with Crippen LogP contribution in [0.25, 0.3) is 0 Å². The average Bonchev–Trinajstić information content (AvgIpc) is 2.47. The van der Waals surface area contributed by atoms with Gasteiger partial charge in [0, 0.05) is 10.8 Å². The van der Waals surface area contributed by atoms with Crippen LogP contribution in [0.4, 0.5) is 13.2 Å². The topological polar surface area (TPSA) is 34.1 Å². The SMILES string of the molecule is O=C(CS(=O)c1cccc(C(F)(F)F)c1)C1CCCCC1. The van der Waals surface area contributed by atoms with E-state index in [1.54, 1.807) is 0 Å². The number of hydrogen-bond acceptors (Lipinski definition) is 2. The Morgan fingerprint density at radius 1 is 1.19 bits per heavy atom. The van der Waals surface area contributed by atoms with Gasteiger partial charge in [-0.15, -0.1) is 0 Å². The van der Waals surface area contributed by atoms with E-state index in [0.29, 0.717) is 0 Å². The lowest BCUT2D eigenvalue weighted by molar-refractivity contribution is -0.137. The van der Waals surface area contributed by atoms with E-state index in [4.69, 9.17) is 0 Å². The minimum absolute atomic E-state index is 0.0639. The van der Waals surface area contributed by atoms with Crippen molar-refractivity contribution in [1.82, 2.24) is 0 Å². The van der Waals surface area contributed by atoms with E-state index in [-0.39, 0.29) is 22.3 Å². The van der Waals surface area contributed by atoms with Crippen molar-refractivity contribution in [3.63, 3.8) is 0 Å². The van der Waals surface area contributed by atoms with Gasteiger partial charge in [0.2, 0.25) is 0 Å². The summed E-state index contributed by atoms with van der Waals surface area (Å²) in [6.07, 6.45) is 0.241. The quantitative estimate of drug-likeness (QED) is 0.842. The van der Waals surface area contributed by atoms with E-state index in [9.17, 15) is 22.2 Å². The van der Waals surface area contributed by atoms with Crippen LogP contribution in [-0.4, -0.2) is 15.7 Å². The Balaban J connectivity index is 2.04. The number of halogens is 3. The third-order valence-electron chi connectivity index (χ3n) is 3.76. The van der Waals surface area contributed by atoms with Gasteiger partial charge in [-0.3, -0.25) is 9.00 Å². The normalized spacial score (nSPS) is 18.4. The molecule has 0 bridgehead atoms. The largest absolute Gasteiger partial charge is 0.416 e. The van der Waals surface area contributed by atoms with Crippen molar-refractivity contribution in [2.45, 2.75) is 43.2 Å². The average molecular weight is 318 g/mol. The molecule has 0 amide bonds. The van der Waals surface area contributed by atoms with Gasteiger partial charge < -0.3 is 0 Å². The number of benzene rings is 1. The van der Waals surface area contributed by atoms with Gasteiger partial charge in [-0.05, 0) is 31.0 Å². The van der Waals surface area contributed by atoms with Crippen molar-refractivity contribution >= 4 is 16.6 Å². The van der Waals surface area contributed by atoms with Crippen molar-refractivity contribution in [3.8, 4) is 0 Å². The monoisotopic (exact) mass is 318 g/mol. The summed E-state index contributed by atoms with van der Waals surface area (Å²) in [5, 5.41) is 0. The van der Waals surface area contributed by atoms with Crippen molar-refractivity contribution < 1.29 is 22.2 Å². The Morgan fingerprint density at radius 2 is 1.86 bits per heavy atom. The van der Waals surface area contributed by atoms with Gasteiger partial charge >= 0.3 is 6.18 Å². The lowest BCUT2D eigenvalue weighted by Crippen LogP contribution is -2.23. The first kappa shape index (κ1) is 16.2. The minimum Gasteiger partial charge on any atom is -0.298 e. The third-order valence-corrected chi connectivity index (χ3v) is 5.08. The molecule has 1 saturated carbocycles. The van der Waals surface area contributed by atoms with Crippen LogP contribution in [0.3, 0.4) is 0 Å². The van der Waals surface area contributed by atoms with E-state index in [0.717, 1.165) is 44.2 Å². The zero-order valence-corrected chi connectivity index (χ0v) is 12.3. The number of alkyl halides is 3. The first-order chi connectivity index (χ1) is 9.88. The third kappa shape index (κ3) is 4.40. The number of rotatable bonds is 4. The van der Waals surface area contributed by atoms with Crippen molar-refractivity contribution in [2.75, 3.05) is 5.75 Å². The second-order valence-corrected chi connectivity index (χ2v) is 6.77. The predicted molar refractivity (Wildman–Crippen MR) is 74.3 cm³/mol. The highest BCUT2D eigenvalue weighted by atomic mass is 32.2. The highest BCUT2D eigenvalue weighted by Gasteiger charge is 2.31. The summed E-state index contributed by atoms with van der Waals surface area (Å²) < 4.78 is 50.0. The molecule has 1 aliphatic carbocycles. The number of carbonyl (C=O) groups is 1. The van der Waals surface area contributed by atoms with Gasteiger partial charge in [0.15, 0.2) is 0 Å². The second kappa shape index (κ2) is 6.73. The number of ketones is 1. The van der Waals surface area contributed by atoms with Crippen molar-refractivity contribution in [3.05, 3.63) is 29.8 Å².